The van der Waals surface area contributed by atoms with Gasteiger partial charge >= 0.3 is 0 Å². The van der Waals surface area contributed by atoms with E-state index in [1.165, 1.54) is 11.8 Å². The third kappa shape index (κ3) is 4.44. The predicted molar refractivity (Wildman–Crippen MR) is 120 cm³/mol. The first kappa shape index (κ1) is 21.0. The fourth-order valence-corrected chi connectivity index (χ4v) is 8.10. The van der Waals surface area contributed by atoms with Gasteiger partial charge in [-0.25, -0.2) is 8.42 Å². The number of halogens is 3. The van der Waals surface area contributed by atoms with E-state index in [0.717, 1.165) is 0 Å². The molecule has 5 nitrogen and oxygen atoms in total. The Kier molecular flexibility index (Phi) is 5.88. The van der Waals surface area contributed by atoms with Gasteiger partial charge in [0.2, 0.25) is 0 Å². The maximum atomic E-state index is 12.6. The van der Waals surface area contributed by atoms with Crippen LogP contribution in [0, 0.1) is 0 Å². The summed E-state index contributed by atoms with van der Waals surface area (Å²) in [5.41, 5.74) is 1.27. The Bertz CT molecular complexity index is 1120. The highest BCUT2D eigenvalue weighted by Gasteiger charge is 2.49. The molecule has 0 N–H and O–H groups in total. The number of anilines is 1. The molecule has 0 bridgehead atoms. The highest BCUT2D eigenvalue weighted by Crippen LogP contribution is 2.43. The molecule has 2 aromatic rings. The number of aliphatic imine (C=N–C) groups is 1. The Morgan fingerprint density at radius 1 is 1.10 bits per heavy atom. The molecule has 2 saturated heterocycles. The van der Waals surface area contributed by atoms with Gasteiger partial charge in [0.05, 0.1) is 34.7 Å². The molecule has 0 spiro atoms. The number of fused-ring (bicyclic) bond motifs is 1. The maximum Gasteiger partial charge on any atom is 0.252 e. The molecule has 152 valence electrons. The number of nitrogens with zero attached hydrogens (tertiary/aromatic N) is 2. The van der Waals surface area contributed by atoms with Crippen LogP contribution >= 0.6 is 46.6 Å². The molecule has 2 fully saturated rings. The lowest BCUT2D eigenvalue weighted by atomic mass is 10.1. The van der Waals surface area contributed by atoms with Crippen LogP contribution in [0.3, 0.4) is 0 Å². The molecule has 2 atom stereocenters. The summed E-state index contributed by atoms with van der Waals surface area (Å²) in [5, 5.41) is 1.57. The summed E-state index contributed by atoms with van der Waals surface area (Å²) in [5.74, 6) is -0.332. The molecular formula is C19H15Cl3N2O3S2. The van der Waals surface area contributed by atoms with E-state index in [-0.39, 0.29) is 35.1 Å². The Labute approximate surface area is 188 Å². The summed E-state index contributed by atoms with van der Waals surface area (Å²) < 4.78 is 24.3. The summed E-state index contributed by atoms with van der Waals surface area (Å²) in [6, 6.07) is 11.7. The van der Waals surface area contributed by atoms with E-state index < -0.39 is 9.84 Å². The fourth-order valence-electron chi connectivity index (χ4n) is 3.47. The average Bonchev–Trinajstić information content (AvgIpc) is 3.08. The van der Waals surface area contributed by atoms with Crippen molar-refractivity contribution in [1.29, 1.82) is 0 Å². The number of hydrogen-bond acceptors (Lipinski definition) is 4. The molecule has 0 unspecified atom stereocenters. The van der Waals surface area contributed by atoms with E-state index in [9.17, 15) is 13.2 Å². The van der Waals surface area contributed by atoms with Crippen molar-refractivity contribution >= 4 is 73.2 Å². The third-order valence-corrected chi connectivity index (χ3v) is 8.87. The average molecular weight is 490 g/mol. The Morgan fingerprint density at radius 3 is 2.59 bits per heavy atom. The van der Waals surface area contributed by atoms with Crippen molar-refractivity contribution in [2.75, 3.05) is 16.4 Å². The van der Waals surface area contributed by atoms with Gasteiger partial charge in [0.25, 0.3) is 5.91 Å². The first-order chi connectivity index (χ1) is 13.7. The van der Waals surface area contributed by atoms with Crippen LogP contribution in [0.15, 0.2) is 47.5 Å². The van der Waals surface area contributed by atoms with Gasteiger partial charge in [-0.1, -0.05) is 64.8 Å². The van der Waals surface area contributed by atoms with Crippen molar-refractivity contribution in [1.82, 2.24) is 0 Å². The molecule has 10 heteroatoms. The zero-order valence-electron chi connectivity index (χ0n) is 14.9. The molecule has 2 heterocycles. The van der Waals surface area contributed by atoms with Crippen molar-refractivity contribution in [3.05, 3.63) is 63.1 Å². The summed E-state index contributed by atoms with van der Waals surface area (Å²) in [4.78, 5) is 18.7. The number of amides is 1. The minimum absolute atomic E-state index is 0.0126. The van der Waals surface area contributed by atoms with E-state index in [4.69, 9.17) is 34.8 Å². The molecule has 0 radical (unpaired) electrons. The van der Waals surface area contributed by atoms with Crippen LogP contribution in [-0.4, -0.2) is 42.3 Å². The van der Waals surface area contributed by atoms with Crippen LogP contribution in [0.4, 0.5) is 5.69 Å². The first-order valence-electron chi connectivity index (χ1n) is 8.70. The summed E-state index contributed by atoms with van der Waals surface area (Å²) in [7, 11) is -3.16. The fraction of sp³-hybridized carbons (Fsp3) is 0.263. The lowest BCUT2D eigenvalue weighted by Gasteiger charge is -2.25. The second-order valence-corrected chi connectivity index (χ2v) is 11.4. The number of hydrogen-bond donors (Lipinski definition) is 0. The molecule has 0 aliphatic carbocycles. The second-order valence-electron chi connectivity index (χ2n) is 6.82. The van der Waals surface area contributed by atoms with Crippen LogP contribution in [-0.2, 0) is 21.1 Å². The molecule has 1 amide bonds. The zero-order valence-corrected chi connectivity index (χ0v) is 18.8. The third-order valence-electron chi connectivity index (χ3n) is 4.76. The number of sulfone groups is 1. The van der Waals surface area contributed by atoms with E-state index in [1.807, 2.05) is 0 Å². The van der Waals surface area contributed by atoms with Gasteiger partial charge in [0, 0.05) is 15.3 Å². The van der Waals surface area contributed by atoms with Gasteiger partial charge in [-0.15, -0.1) is 0 Å². The van der Waals surface area contributed by atoms with E-state index in [2.05, 4.69) is 4.99 Å². The largest absolute Gasteiger partial charge is 0.314 e. The SMILES string of the molecule is O=C(Cc1ccccc1Cl)N=C1S[C@H]2CS(=O)(=O)C[C@H]2N1c1ccc(Cl)cc1Cl. The lowest BCUT2D eigenvalue weighted by Crippen LogP contribution is -2.38. The smallest absolute Gasteiger partial charge is 0.252 e. The molecule has 29 heavy (non-hydrogen) atoms. The van der Waals surface area contributed by atoms with Crippen molar-refractivity contribution in [3.8, 4) is 0 Å². The second kappa shape index (κ2) is 8.12. The Morgan fingerprint density at radius 2 is 1.86 bits per heavy atom. The van der Waals surface area contributed by atoms with Crippen LogP contribution < -0.4 is 4.90 Å². The lowest BCUT2D eigenvalue weighted by molar-refractivity contribution is -0.117. The van der Waals surface area contributed by atoms with Crippen LogP contribution in [0.2, 0.25) is 15.1 Å². The predicted octanol–water partition coefficient (Wildman–Crippen LogP) is 4.49. The highest BCUT2D eigenvalue weighted by atomic mass is 35.5. The number of amidine groups is 1. The van der Waals surface area contributed by atoms with Crippen molar-refractivity contribution in [2.24, 2.45) is 4.99 Å². The quantitative estimate of drug-likeness (QED) is 0.635. The first-order valence-corrected chi connectivity index (χ1v) is 12.5. The van der Waals surface area contributed by atoms with Gasteiger partial charge in [-0.3, -0.25) is 4.79 Å². The summed E-state index contributed by atoms with van der Waals surface area (Å²) >= 11 is 19.8. The topological polar surface area (TPSA) is 66.8 Å². The highest BCUT2D eigenvalue weighted by molar-refractivity contribution is 8.16. The van der Waals surface area contributed by atoms with Crippen LogP contribution in [0.25, 0.3) is 0 Å². The van der Waals surface area contributed by atoms with Gasteiger partial charge in [0.1, 0.15) is 0 Å². The zero-order chi connectivity index (χ0) is 20.8. The van der Waals surface area contributed by atoms with Crippen LogP contribution in [0.5, 0.6) is 0 Å². The van der Waals surface area contributed by atoms with Crippen molar-refractivity contribution < 1.29 is 13.2 Å². The molecule has 2 aliphatic heterocycles. The van der Waals surface area contributed by atoms with Gasteiger partial charge < -0.3 is 4.90 Å². The van der Waals surface area contributed by atoms with E-state index >= 15 is 0 Å². The summed E-state index contributed by atoms with van der Waals surface area (Å²) in [6.45, 7) is 0. The summed E-state index contributed by atoms with van der Waals surface area (Å²) in [6.07, 6.45) is 0.0551. The van der Waals surface area contributed by atoms with Gasteiger partial charge in [0.15, 0.2) is 15.0 Å². The van der Waals surface area contributed by atoms with Crippen LogP contribution in [0.1, 0.15) is 5.56 Å². The minimum atomic E-state index is -3.16. The normalized spacial score (nSPS) is 24.1. The maximum absolute atomic E-state index is 12.6. The van der Waals surface area contributed by atoms with Gasteiger partial charge in [-0.2, -0.15) is 4.99 Å². The van der Waals surface area contributed by atoms with E-state index in [1.54, 1.807) is 47.4 Å². The molecule has 0 aromatic heterocycles. The van der Waals surface area contributed by atoms with Crippen molar-refractivity contribution in [2.45, 2.75) is 17.7 Å². The molecule has 4 rings (SSSR count). The molecule has 0 saturated carbocycles. The van der Waals surface area contributed by atoms with Crippen molar-refractivity contribution in [3.63, 3.8) is 0 Å². The van der Waals surface area contributed by atoms with E-state index in [0.29, 0.717) is 31.5 Å². The molecular weight excluding hydrogens is 475 g/mol. The Balaban J connectivity index is 1.68. The Hall–Kier alpha value is -1.25. The number of thioether (sulfide) groups is 1. The molecule has 2 aliphatic rings. The molecule has 2 aromatic carbocycles. The number of benzene rings is 2. The monoisotopic (exact) mass is 488 g/mol. The number of carbonyl (C=O) groups is 1. The number of rotatable bonds is 3. The standard InChI is InChI=1S/C19H15Cl3N2O3S2/c20-12-5-6-15(14(22)8-12)24-16-9-29(26,27)10-17(16)28-19(24)23-18(25)7-11-3-1-2-4-13(11)21/h1-6,8,16-17H,7,9-10H2/t16-,17+/m1/s1. The number of carbonyl (C=O) groups excluding carboxylic acids is 1. The van der Waals surface area contributed by atoms with Gasteiger partial charge in [-0.05, 0) is 29.8 Å². The minimum Gasteiger partial charge on any atom is -0.314 e.